The van der Waals surface area contributed by atoms with E-state index in [-0.39, 0.29) is 16.4 Å². The van der Waals surface area contributed by atoms with Crippen LogP contribution in [0.3, 0.4) is 0 Å². The van der Waals surface area contributed by atoms with Gasteiger partial charge in [-0.05, 0) is 70.5 Å². The molecule has 3 rings (SSSR count). The Morgan fingerprint density at radius 2 is 1.86 bits per heavy atom. The van der Waals surface area contributed by atoms with Crippen molar-refractivity contribution in [1.29, 1.82) is 0 Å². The largest absolute Gasteiger partial charge is 0.497 e. The molecule has 0 fully saturated rings. The molecule has 152 valence electrons. The number of sulfonamides is 1. The summed E-state index contributed by atoms with van der Waals surface area (Å²) in [7, 11) is -0.807. The summed E-state index contributed by atoms with van der Waals surface area (Å²) in [6.45, 7) is 0.373. The summed E-state index contributed by atoms with van der Waals surface area (Å²) in [5.74, 6) is 0.301. The molecule has 9 heteroatoms. The first-order valence-electron chi connectivity index (χ1n) is 8.57. The fraction of sp³-hybridized carbons (Fsp3) is 0.150. The minimum Gasteiger partial charge on any atom is -0.497 e. The molecule has 0 radical (unpaired) electrons. The van der Waals surface area contributed by atoms with Crippen LogP contribution >= 0.6 is 27.3 Å². The number of nitrogens with one attached hydrogen (secondary N) is 1. The Hall–Kier alpha value is -2.36. The molecule has 0 aliphatic carbocycles. The maximum absolute atomic E-state index is 13.0. The van der Waals surface area contributed by atoms with Gasteiger partial charge in [0.05, 0.1) is 28.0 Å². The Morgan fingerprint density at radius 1 is 1.14 bits per heavy atom. The highest BCUT2D eigenvalue weighted by Crippen LogP contribution is 2.25. The molecule has 0 aliphatic heterocycles. The van der Waals surface area contributed by atoms with Crippen molar-refractivity contribution in [2.24, 2.45) is 0 Å². The van der Waals surface area contributed by atoms with Crippen LogP contribution in [-0.4, -0.2) is 28.5 Å². The van der Waals surface area contributed by atoms with Gasteiger partial charge in [-0.25, -0.2) is 8.42 Å². The zero-order valence-corrected chi connectivity index (χ0v) is 19.0. The van der Waals surface area contributed by atoms with Crippen molar-refractivity contribution in [3.8, 4) is 5.75 Å². The fourth-order valence-electron chi connectivity index (χ4n) is 2.60. The standard InChI is InChI=1S/C20H19BrN2O4S2/c1-23(15-6-8-16(27-2)9-7-15)29(25,26)18-5-3-4-14(12-18)20(24)22-13-17-10-11-19(21)28-17/h3-12H,13H2,1-2H3,(H,22,24). The molecule has 1 aromatic heterocycles. The second kappa shape index (κ2) is 8.98. The van der Waals surface area contributed by atoms with Gasteiger partial charge in [0, 0.05) is 17.5 Å². The Balaban J connectivity index is 1.78. The number of carbonyl (C=O) groups excluding carboxylic acids is 1. The lowest BCUT2D eigenvalue weighted by Gasteiger charge is -2.20. The average molecular weight is 495 g/mol. The van der Waals surface area contributed by atoms with E-state index in [1.807, 2.05) is 12.1 Å². The van der Waals surface area contributed by atoms with Crippen LogP contribution in [0, 0.1) is 0 Å². The van der Waals surface area contributed by atoms with Crippen LogP contribution in [0.25, 0.3) is 0 Å². The van der Waals surface area contributed by atoms with Crippen LogP contribution in [0.15, 0.2) is 69.3 Å². The average Bonchev–Trinajstić information content (AvgIpc) is 3.16. The van der Waals surface area contributed by atoms with Gasteiger partial charge >= 0.3 is 0 Å². The molecule has 0 spiro atoms. The Morgan fingerprint density at radius 3 is 2.48 bits per heavy atom. The predicted molar refractivity (Wildman–Crippen MR) is 118 cm³/mol. The summed E-state index contributed by atoms with van der Waals surface area (Å²) >= 11 is 4.91. The predicted octanol–water partition coefficient (Wildman–Crippen LogP) is 4.27. The second-order valence-corrected chi connectivity index (χ2v) is 10.6. The van der Waals surface area contributed by atoms with E-state index in [1.165, 1.54) is 34.8 Å². The van der Waals surface area contributed by atoms with Gasteiger partial charge in [-0.1, -0.05) is 6.07 Å². The van der Waals surface area contributed by atoms with E-state index in [1.54, 1.807) is 43.5 Å². The van der Waals surface area contributed by atoms with Gasteiger partial charge in [-0.3, -0.25) is 9.10 Å². The van der Waals surface area contributed by atoms with Gasteiger partial charge in [0.25, 0.3) is 15.9 Å². The van der Waals surface area contributed by atoms with Gasteiger partial charge in [0.15, 0.2) is 0 Å². The zero-order valence-electron chi connectivity index (χ0n) is 15.8. The normalized spacial score (nSPS) is 11.1. The highest BCUT2D eigenvalue weighted by Gasteiger charge is 2.22. The molecule has 2 aromatic carbocycles. The first-order chi connectivity index (χ1) is 13.8. The number of halogens is 1. The molecule has 0 aliphatic rings. The van der Waals surface area contributed by atoms with Gasteiger partial charge in [-0.2, -0.15) is 0 Å². The summed E-state index contributed by atoms with van der Waals surface area (Å²) in [6, 6.07) is 16.5. The molecule has 0 saturated heterocycles. The molecule has 0 atom stereocenters. The van der Waals surface area contributed by atoms with Crippen molar-refractivity contribution in [1.82, 2.24) is 5.32 Å². The molecule has 6 nitrogen and oxygen atoms in total. The van der Waals surface area contributed by atoms with Crippen LogP contribution in [0.4, 0.5) is 5.69 Å². The maximum atomic E-state index is 13.0. The molecule has 1 amide bonds. The number of nitrogens with zero attached hydrogens (tertiary/aromatic N) is 1. The van der Waals surface area contributed by atoms with Crippen molar-refractivity contribution in [3.05, 3.63) is 74.9 Å². The number of carbonyl (C=O) groups is 1. The zero-order chi connectivity index (χ0) is 21.0. The van der Waals surface area contributed by atoms with E-state index < -0.39 is 10.0 Å². The summed E-state index contributed by atoms with van der Waals surface area (Å²) in [5.41, 5.74) is 0.772. The van der Waals surface area contributed by atoms with Crippen molar-refractivity contribution in [2.75, 3.05) is 18.5 Å². The summed E-state index contributed by atoms with van der Waals surface area (Å²) in [4.78, 5) is 13.5. The highest BCUT2D eigenvalue weighted by atomic mass is 79.9. The van der Waals surface area contributed by atoms with E-state index in [0.717, 1.165) is 8.66 Å². The molecule has 1 N–H and O–H groups in total. The highest BCUT2D eigenvalue weighted by molar-refractivity contribution is 9.11. The van der Waals surface area contributed by atoms with E-state index in [2.05, 4.69) is 21.2 Å². The molecule has 0 saturated carbocycles. The van der Waals surface area contributed by atoms with E-state index in [4.69, 9.17) is 4.74 Å². The smallest absolute Gasteiger partial charge is 0.264 e. The number of hydrogen-bond acceptors (Lipinski definition) is 5. The molecule has 29 heavy (non-hydrogen) atoms. The van der Waals surface area contributed by atoms with Gasteiger partial charge in [-0.15, -0.1) is 11.3 Å². The van der Waals surface area contributed by atoms with Gasteiger partial charge in [0.1, 0.15) is 5.75 Å². The number of hydrogen-bond donors (Lipinski definition) is 1. The maximum Gasteiger partial charge on any atom is 0.264 e. The van der Waals surface area contributed by atoms with Crippen LogP contribution in [-0.2, 0) is 16.6 Å². The first-order valence-corrected chi connectivity index (χ1v) is 11.6. The minimum absolute atomic E-state index is 0.0438. The Bertz CT molecular complexity index is 1110. The Labute approximate surface area is 182 Å². The quantitative estimate of drug-likeness (QED) is 0.531. The SMILES string of the molecule is COc1ccc(N(C)S(=O)(=O)c2cccc(C(=O)NCc3ccc(Br)s3)c2)cc1. The van der Waals surface area contributed by atoms with Crippen molar-refractivity contribution >= 4 is 48.9 Å². The number of anilines is 1. The Kier molecular flexibility index (Phi) is 6.61. The van der Waals surface area contributed by atoms with Crippen LogP contribution in [0.2, 0.25) is 0 Å². The molecule has 1 heterocycles. The number of methoxy groups -OCH3 is 1. The number of ether oxygens (including phenoxy) is 1. The molecule has 0 bridgehead atoms. The monoisotopic (exact) mass is 494 g/mol. The number of rotatable bonds is 7. The van der Waals surface area contributed by atoms with E-state index in [0.29, 0.717) is 18.0 Å². The minimum atomic E-state index is -3.82. The lowest BCUT2D eigenvalue weighted by molar-refractivity contribution is 0.0951. The van der Waals surface area contributed by atoms with Crippen molar-refractivity contribution in [3.63, 3.8) is 0 Å². The van der Waals surface area contributed by atoms with E-state index >= 15 is 0 Å². The number of thiophene rings is 1. The summed E-state index contributed by atoms with van der Waals surface area (Å²) in [6.07, 6.45) is 0. The first kappa shape index (κ1) is 21.4. The second-order valence-electron chi connectivity index (χ2n) is 6.09. The third-order valence-corrected chi connectivity index (χ3v) is 7.65. The number of amides is 1. The van der Waals surface area contributed by atoms with Crippen LogP contribution in [0.5, 0.6) is 5.75 Å². The third-order valence-electron chi connectivity index (χ3n) is 4.24. The topological polar surface area (TPSA) is 75.7 Å². The van der Waals surface area contributed by atoms with Gasteiger partial charge < -0.3 is 10.1 Å². The molecule has 3 aromatic rings. The third kappa shape index (κ3) is 4.98. The number of benzene rings is 2. The molecule has 0 unspecified atom stereocenters. The van der Waals surface area contributed by atoms with Crippen molar-refractivity contribution < 1.29 is 17.9 Å². The van der Waals surface area contributed by atoms with Crippen LogP contribution in [0.1, 0.15) is 15.2 Å². The molecular formula is C20H19BrN2O4S2. The summed E-state index contributed by atoms with van der Waals surface area (Å²) in [5, 5.41) is 2.81. The van der Waals surface area contributed by atoms with E-state index in [9.17, 15) is 13.2 Å². The lowest BCUT2D eigenvalue weighted by Crippen LogP contribution is -2.27. The fourth-order valence-corrected chi connectivity index (χ4v) is 5.27. The van der Waals surface area contributed by atoms with Crippen molar-refractivity contribution in [2.45, 2.75) is 11.4 Å². The van der Waals surface area contributed by atoms with Gasteiger partial charge in [0.2, 0.25) is 0 Å². The summed E-state index contributed by atoms with van der Waals surface area (Å²) < 4.78 is 33.3. The lowest BCUT2D eigenvalue weighted by atomic mass is 10.2. The molecular weight excluding hydrogens is 476 g/mol. The van der Waals surface area contributed by atoms with Crippen LogP contribution < -0.4 is 14.4 Å².